The number of fused-ring (bicyclic) bond motifs is 1. The molecule has 18 heavy (non-hydrogen) atoms. The maximum atomic E-state index is 11.1. The Kier molecular flexibility index (Phi) is 3.17. The van der Waals surface area contributed by atoms with Crippen molar-refractivity contribution in [2.45, 2.75) is 13.8 Å². The lowest BCUT2D eigenvalue weighted by Crippen LogP contribution is -2.36. The van der Waals surface area contributed by atoms with E-state index in [1.54, 1.807) is 0 Å². The molecule has 2 aromatic rings. The van der Waals surface area contributed by atoms with Gasteiger partial charge in [-0.05, 0) is 24.1 Å². The fraction of sp³-hybridized carbons (Fsp3) is 0.462. The second-order valence-corrected chi connectivity index (χ2v) is 5.42. The highest BCUT2D eigenvalue weighted by Crippen LogP contribution is 2.23. The molecule has 0 amide bonds. The fourth-order valence-corrected chi connectivity index (χ4v) is 1.97. The Balaban J connectivity index is 2.27. The summed E-state index contributed by atoms with van der Waals surface area (Å²) in [5.74, 6) is -0.424. The standard InChI is InChI=1S/C13H19N3O2/c1-13(2,7-14)8-16(3)9-4-5-10-11(6-9)18-12(17)15-10/h4-6H,7-8,14H2,1-3H3,(H,15,17). The average molecular weight is 249 g/mol. The van der Waals surface area contributed by atoms with E-state index in [9.17, 15) is 4.79 Å². The number of nitrogens with one attached hydrogen (secondary N) is 1. The Bertz CT molecular complexity index is 598. The number of oxazole rings is 1. The van der Waals surface area contributed by atoms with Crippen LogP contribution in [0.2, 0.25) is 0 Å². The van der Waals surface area contributed by atoms with Gasteiger partial charge in [-0.25, -0.2) is 4.79 Å². The molecule has 1 aromatic carbocycles. The molecule has 1 aromatic heterocycles. The topological polar surface area (TPSA) is 75.3 Å². The molecule has 0 saturated carbocycles. The monoisotopic (exact) mass is 249 g/mol. The fourth-order valence-electron chi connectivity index (χ4n) is 1.97. The van der Waals surface area contributed by atoms with E-state index in [4.69, 9.17) is 10.2 Å². The lowest BCUT2D eigenvalue weighted by atomic mass is 9.93. The molecule has 0 aliphatic carbocycles. The molecule has 0 saturated heterocycles. The summed E-state index contributed by atoms with van der Waals surface area (Å²) in [6.45, 7) is 5.71. The molecule has 3 N–H and O–H groups in total. The summed E-state index contributed by atoms with van der Waals surface area (Å²) >= 11 is 0. The first-order valence-electron chi connectivity index (χ1n) is 5.95. The van der Waals surface area contributed by atoms with Gasteiger partial charge in [0.1, 0.15) is 0 Å². The van der Waals surface area contributed by atoms with Crippen molar-refractivity contribution in [1.82, 2.24) is 4.98 Å². The highest BCUT2D eigenvalue weighted by molar-refractivity contribution is 5.77. The van der Waals surface area contributed by atoms with Crippen LogP contribution in [0.4, 0.5) is 5.69 Å². The SMILES string of the molecule is CN(CC(C)(C)CN)c1ccc2[nH]c(=O)oc2c1. The Morgan fingerprint density at radius 1 is 1.44 bits per heavy atom. The minimum atomic E-state index is -0.424. The van der Waals surface area contributed by atoms with E-state index < -0.39 is 5.76 Å². The number of rotatable bonds is 4. The second-order valence-electron chi connectivity index (χ2n) is 5.42. The van der Waals surface area contributed by atoms with Crippen LogP contribution in [0.1, 0.15) is 13.8 Å². The van der Waals surface area contributed by atoms with Crippen molar-refractivity contribution < 1.29 is 4.42 Å². The first-order chi connectivity index (χ1) is 8.41. The molecule has 98 valence electrons. The third-order valence-electron chi connectivity index (χ3n) is 3.06. The Labute approximate surface area is 106 Å². The molecule has 5 nitrogen and oxygen atoms in total. The van der Waals surface area contributed by atoms with Gasteiger partial charge in [0.05, 0.1) is 5.52 Å². The van der Waals surface area contributed by atoms with Crippen molar-refractivity contribution in [3.05, 3.63) is 28.7 Å². The summed E-state index contributed by atoms with van der Waals surface area (Å²) in [7, 11) is 2.00. The van der Waals surface area contributed by atoms with Crippen molar-refractivity contribution in [2.24, 2.45) is 11.1 Å². The third-order valence-corrected chi connectivity index (χ3v) is 3.06. The molecule has 0 aliphatic heterocycles. The number of aromatic nitrogens is 1. The molecule has 0 atom stereocenters. The van der Waals surface area contributed by atoms with Crippen molar-refractivity contribution >= 4 is 16.8 Å². The van der Waals surface area contributed by atoms with Gasteiger partial charge >= 0.3 is 5.76 Å². The maximum absolute atomic E-state index is 11.1. The van der Waals surface area contributed by atoms with E-state index in [0.717, 1.165) is 17.7 Å². The van der Waals surface area contributed by atoms with Gasteiger partial charge in [-0.15, -0.1) is 0 Å². The first kappa shape index (κ1) is 12.7. The van der Waals surface area contributed by atoms with Crippen LogP contribution in [0.15, 0.2) is 27.4 Å². The number of aromatic amines is 1. The van der Waals surface area contributed by atoms with Crippen LogP contribution in [-0.2, 0) is 0 Å². The number of hydrogen-bond acceptors (Lipinski definition) is 4. The second kappa shape index (κ2) is 4.49. The Morgan fingerprint density at radius 3 is 2.83 bits per heavy atom. The van der Waals surface area contributed by atoms with E-state index in [1.807, 2.05) is 25.2 Å². The molecule has 2 rings (SSSR count). The summed E-state index contributed by atoms with van der Waals surface area (Å²) in [5, 5.41) is 0. The van der Waals surface area contributed by atoms with E-state index >= 15 is 0 Å². The summed E-state index contributed by atoms with van der Waals surface area (Å²) in [4.78, 5) is 15.8. The predicted octanol–water partition coefficient (Wildman–Crippen LogP) is 1.54. The summed E-state index contributed by atoms with van der Waals surface area (Å²) in [5.41, 5.74) is 8.08. The Morgan fingerprint density at radius 2 is 2.17 bits per heavy atom. The number of anilines is 1. The molecule has 0 spiro atoms. The molecular weight excluding hydrogens is 230 g/mol. The van der Waals surface area contributed by atoms with Gasteiger partial charge < -0.3 is 15.1 Å². The molecule has 0 unspecified atom stereocenters. The van der Waals surface area contributed by atoms with Crippen molar-refractivity contribution in [3.63, 3.8) is 0 Å². The smallest absolute Gasteiger partial charge is 0.408 e. The van der Waals surface area contributed by atoms with E-state index in [-0.39, 0.29) is 5.41 Å². The molecular formula is C13H19N3O2. The largest absolute Gasteiger partial charge is 0.417 e. The van der Waals surface area contributed by atoms with Crippen LogP contribution in [0.3, 0.4) is 0 Å². The van der Waals surface area contributed by atoms with Crippen molar-refractivity contribution in [2.75, 3.05) is 25.0 Å². The van der Waals surface area contributed by atoms with Gasteiger partial charge in [-0.2, -0.15) is 0 Å². The van der Waals surface area contributed by atoms with Crippen LogP contribution in [0.5, 0.6) is 0 Å². The molecule has 0 fully saturated rings. The zero-order chi connectivity index (χ0) is 13.3. The predicted molar refractivity (Wildman–Crippen MR) is 72.9 cm³/mol. The number of hydrogen-bond donors (Lipinski definition) is 2. The third kappa shape index (κ3) is 2.56. The number of H-pyrrole nitrogens is 1. The van der Waals surface area contributed by atoms with Gasteiger partial charge in [-0.3, -0.25) is 4.98 Å². The normalized spacial score (nSPS) is 12.0. The average Bonchev–Trinajstić information content (AvgIpc) is 2.67. The quantitative estimate of drug-likeness (QED) is 0.862. The van der Waals surface area contributed by atoms with Crippen LogP contribution < -0.4 is 16.4 Å². The zero-order valence-electron chi connectivity index (χ0n) is 11.0. The van der Waals surface area contributed by atoms with Crippen LogP contribution in [-0.4, -0.2) is 25.1 Å². The minimum Gasteiger partial charge on any atom is -0.408 e. The van der Waals surface area contributed by atoms with E-state index in [0.29, 0.717) is 12.1 Å². The number of nitrogens with zero attached hydrogens (tertiary/aromatic N) is 1. The van der Waals surface area contributed by atoms with E-state index in [2.05, 4.69) is 23.7 Å². The van der Waals surface area contributed by atoms with Crippen LogP contribution in [0.25, 0.3) is 11.1 Å². The van der Waals surface area contributed by atoms with Gasteiger partial charge in [0, 0.05) is 25.3 Å². The summed E-state index contributed by atoms with van der Waals surface area (Å²) in [6.07, 6.45) is 0. The number of nitrogens with two attached hydrogens (primary N) is 1. The molecule has 5 heteroatoms. The highest BCUT2D eigenvalue weighted by atomic mass is 16.4. The molecule has 0 radical (unpaired) electrons. The molecule has 1 heterocycles. The summed E-state index contributed by atoms with van der Waals surface area (Å²) < 4.78 is 5.05. The maximum Gasteiger partial charge on any atom is 0.417 e. The van der Waals surface area contributed by atoms with Crippen LogP contribution in [0, 0.1) is 5.41 Å². The van der Waals surface area contributed by atoms with Gasteiger partial charge in [0.2, 0.25) is 0 Å². The minimum absolute atomic E-state index is 0.0443. The highest BCUT2D eigenvalue weighted by Gasteiger charge is 2.18. The van der Waals surface area contributed by atoms with E-state index in [1.165, 1.54) is 0 Å². The molecule has 0 bridgehead atoms. The van der Waals surface area contributed by atoms with Crippen molar-refractivity contribution in [1.29, 1.82) is 0 Å². The molecule has 0 aliphatic rings. The lowest BCUT2D eigenvalue weighted by Gasteiger charge is -2.30. The van der Waals surface area contributed by atoms with Crippen molar-refractivity contribution in [3.8, 4) is 0 Å². The Hall–Kier alpha value is -1.75. The zero-order valence-corrected chi connectivity index (χ0v) is 11.0. The van der Waals surface area contributed by atoms with Gasteiger partial charge in [-0.1, -0.05) is 13.8 Å². The van der Waals surface area contributed by atoms with Gasteiger partial charge in [0.25, 0.3) is 0 Å². The van der Waals surface area contributed by atoms with Crippen LogP contribution >= 0.6 is 0 Å². The summed E-state index contributed by atoms with van der Waals surface area (Å²) in [6, 6.07) is 5.67. The first-order valence-corrected chi connectivity index (χ1v) is 5.95. The van der Waals surface area contributed by atoms with Gasteiger partial charge in [0.15, 0.2) is 5.58 Å². The lowest BCUT2D eigenvalue weighted by molar-refractivity contribution is 0.385. The number of benzene rings is 1.